The van der Waals surface area contributed by atoms with Gasteiger partial charge in [-0.1, -0.05) is 35.9 Å². The van der Waals surface area contributed by atoms with Gasteiger partial charge in [-0.2, -0.15) is 5.10 Å². The predicted molar refractivity (Wildman–Crippen MR) is 119 cm³/mol. The highest BCUT2D eigenvalue weighted by molar-refractivity contribution is 6.30. The summed E-state index contributed by atoms with van der Waals surface area (Å²) in [6.07, 6.45) is 1.75. The lowest BCUT2D eigenvalue weighted by molar-refractivity contribution is -0.121. The average molecular weight is 441 g/mol. The lowest BCUT2D eigenvalue weighted by Crippen LogP contribution is -2.28. The van der Waals surface area contributed by atoms with E-state index in [1.54, 1.807) is 25.1 Å². The molecule has 0 aliphatic rings. The van der Waals surface area contributed by atoms with Crippen LogP contribution < -0.4 is 21.4 Å². The molecule has 1 aromatic heterocycles. The zero-order chi connectivity index (χ0) is 22.2. The molecule has 1 heterocycles. The molecule has 9 heteroatoms. The Morgan fingerprint density at radius 1 is 1.16 bits per heavy atom. The predicted octanol–water partition coefficient (Wildman–Crippen LogP) is 2.69. The Morgan fingerprint density at radius 3 is 2.68 bits per heavy atom. The van der Waals surface area contributed by atoms with Gasteiger partial charge in [-0.25, -0.2) is 10.2 Å². The number of aromatic nitrogens is 2. The first kappa shape index (κ1) is 22.0. The molecule has 0 spiro atoms. The monoisotopic (exact) mass is 440 g/mol. The molecule has 0 unspecified atom stereocenters. The molecule has 0 bridgehead atoms. The van der Waals surface area contributed by atoms with Crippen molar-refractivity contribution in [2.24, 2.45) is 5.10 Å². The van der Waals surface area contributed by atoms with Crippen molar-refractivity contribution in [2.45, 2.75) is 26.4 Å². The molecule has 31 heavy (non-hydrogen) atoms. The number of hydrogen-bond acceptors (Lipinski definition) is 5. The van der Waals surface area contributed by atoms with E-state index >= 15 is 0 Å². The van der Waals surface area contributed by atoms with Crippen molar-refractivity contribution < 1.29 is 9.53 Å². The van der Waals surface area contributed by atoms with Crippen LogP contribution in [-0.4, -0.2) is 22.1 Å². The number of hydrogen-bond donors (Lipinski definition) is 3. The smallest absolute Gasteiger partial charge is 0.325 e. The van der Waals surface area contributed by atoms with Crippen LogP contribution in [0, 0.1) is 6.92 Å². The second-order valence-electron chi connectivity index (χ2n) is 6.79. The van der Waals surface area contributed by atoms with E-state index in [0.717, 1.165) is 11.1 Å². The summed E-state index contributed by atoms with van der Waals surface area (Å²) in [6.45, 7) is 2.02. The van der Waals surface area contributed by atoms with E-state index in [-0.39, 0.29) is 18.7 Å². The van der Waals surface area contributed by atoms with Crippen molar-refractivity contribution in [3.63, 3.8) is 0 Å². The van der Waals surface area contributed by atoms with Crippen molar-refractivity contribution in [3.05, 3.63) is 96.8 Å². The van der Waals surface area contributed by atoms with Gasteiger partial charge in [0.2, 0.25) is 5.91 Å². The van der Waals surface area contributed by atoms with Gasteiger partial charge in [-0.05, 0) is 48.7 Å². The molecule has 0 aliphatic carbocycles. The SMILES string of the molecule is Cc1[nH]c(=O)[nH]c(=O)c1CCC(=O)N/N=C/c1cccc(OCc2ccc(Cl)cc2)c1. The number of benzene rings is 2. The number of nitrogens with one attached hydrogen (secondary N) is 3. The van der Waals surface area contributed by atoms with Crippen molar-refractivity contribution in [1.29, 1.82) is 0 Å². The van der Waals surface area contributed by atoms with E-state index in [2.05, 4.69) is 20.5 Å². The molecule has 3 aromatic rings. The van der Waals surface area contributed by atoms with Crippen LogP contribution in [0.15, 0.2) is 63.2 Å². The van der Waals surface area contributed by atoms with Crippen LogP contribution >= 0.6 is 11.6 Å². The third-order valence-electron chi connectivity index (χ3n) is 4.44. The van der Waals surface area contributed by atoms with Crippen LogP contribution in [0.25, 0.3) is 0 Å². The van der Waals surface area contributed by atoms with Crippen molar-refractivity contribution >= 4 is 23.7 Å². The highest BCUT2D eigenvalue weighted by Gasteiger charge is 2.08. The Labute approximate surface area is 182 Å². The van der Waals surface area contributed by atoms with Crippen LogP contribution in [0.1, 0.15) is 28.8 Å². The largest absolute Gasteiger partial charge is 0.489 e. The fourth-order valence-corrected chi connectivity index (χ4v) is 2.96. The van der Waals surface area contributed by atoms with Gasteiger partial charge in [0.25, 0.3) is 5.56 Å². The summed E-state index contributed by atoms with van der Waals surface area (Å²) in [7, 11) is 0. The summed E-state index contributed by atoms with van der Waals surface area (Å²) in [5.41, 5.74) is 3.92. The summed E-state index contributed by atoms with van der Waals surface area (Å²) in [4.78, 5) is 39.7. The molecule has 0 saturated carbocycles. The van der Waals surface area contributed by atoms with E-state index in [1.807, 2.05) is 30.3 Å². The molecule has 0 radical (unpaired) electrons. The van der Waals surface area contributed by atoms with E-state index in [4.69, 9.17) is 16.3 Å². The lowest BCUT2D eigenvalue weighted by atomic mass is 10.1. The molecule has 0 saturated heterocycles. The number of halogens is 1. The van der Waals surface area contributed by atoms with Gasteiger partial charge in [-0.15, -0.1) is 0 Å². The highest BCUT2D eigenvalue weighted by Crippen LogP contribution is 2.15. The first-order valence-corrected chi connectivity index (χ1v) is 9.90. The van der Waals surface area contributed by atoms with Crippen molar-refractivity contribution in [3.8, 4) is 5.75 Å². The second kappa shape index (κ2) is 10.4. The average Bonchev–Trinajstić information content (AvgIpc) is 2.73. The van der Waals surface area contributed by atoms with Crippen LogP contribution in [0.2, 0.25) is 5.02 Å². The Morgan fingerprint density at radius 2 is 1.94 bits per heavy atom. The minimum absolute atomic E-state index is 0.0531. The molecule has 1 amide bonds. The fourth-order valence-electron chi connectivity index (χ4n) is 2.83. The molecule has 2 aromatic carbocycles. The number of hydrazone groups is 1. The van der Waals surface area contributed by atoms with Gasteiger partial charge >= 0.3 is 5.69 Å². The van der Waals surface area contributed by atoms with Gasteiger partial charge in [0.1, 0.15) is 12.4 Å². The number of nitrogens with zero attached hydrogens (tertiary/aromatic N) is 1. The summed E-state index contributed by atoms with van der Waals surface area (Å²) < 4.78 is 5.77. The Hall–Kier alpha value is -3.65. The Kier molecular flexibility index (Phi) is 7.40. The zero-order valence-corrected chi connectivity index (χ0v) is 17.5. The van der Waals surface area contributed by atoms with Gasteiger partial charge < -0.3 is 9.72 Å². The maximum absolute atomic E-state index is 12.0. The highest BCUT2D eigenvalue weighted by atomic mass is 35.5. The molecule has 3 N–H and O–H groups in total. The number of ether oxygens (including phenoxy) is 1. The van der Waals surface area contributed by atoms with Crippen LogP contribution in [0.4, 0.5) is 0 Å². The third kappa shape index (κ3) is 6.68. The normalized spacial score (nSPS) is 10.9. The minimum atomic E-state index is -0.570. The van der Waals surface area contributed by atoms with Gasteiger partial charge in [-0.3, -0.25) is 14.6 Å². The van der Waals surface area contributed by atoms with Gasteiger partial charge in [0.15, 0.2) is 0 Å². The topological polar surface area (TPSA) is 116 Å². The van der Waals surface area contributed by atoms with Crippen molar-refractivity contribution in [2.75, 3.05) is 0 Å². The first-order chi connectivity index (χ1) is 14.9. The molecule has 0 fully saturated rings. The molecule has 3 rings (SSSR count). The summed E-state index contributed by atoms with van der Waals surface area (Å²) in [5, 5.41) is 4.61. The number of aryl methyl sites for hydroxylation is 1. The standard InChI is InChI=1S/C22H21ClN4O4/c1-14-19(21(29)26-22(30)25-14)9-10-20(28)27-24-12-16-3-2-4-18(11-16)31-13-15-5-7-17(23)8-6-15/h2-8,11-12H,9-10,13H2,1H3,(H,27,28)(H2,25,26,29,30)/b24-12+. The maximum atomic E-state index is 12.0. The molecule has 8 nitrogen and oxygen atoms in total. The summed E-state index contributed by atoms with van der Waals surface area (Å²) >= 11 is 5.88. The molecule has 0 aliphatic heterocycles. The van der Waals surface area contributed by atoms with E-state index in [0.29, 0.717) is 28.6 Å². The Balaban J connectivity index is 1.50. The molecule has 160 valence electrons. The zero-order valence-electron chi connectivity index (χ0n) is 16.8. The summed E-state index contributed by atoms with van der Waals surface area (Å²) in [5.74, 6) is 0.314. The van der Waals surface area contributed by atoms with Crippen LogP contribution in [-0.2, 0) is 17.8 Å². The maximum Gasteiger partial charge on any atom is 0.325 e. The summed E-state index contributed by atoms with van der Waals surface area (Å²) in [6, 6.07) is 14.7. The molecular formula is C22H21ClN4O4. The van der Waals surface area contributed by atoms with Crippen LogP contribution in [0.3, 0.4) is 0 Å². The second-order valence-corrected chi connectivity index (χ2v) is 7.23. The Bertz CT molecular complexity index is 1200. The number of carbonyl (C=O) groups excluding carboxylic acids is 1. The number of aromatic amines is 2. The number of carbonyl (C=O) groups is 1. The third-order valence-corrected chi connectivity index (χ3v) is 4.69. The lowest BCUT2D eigenvalue weighted by Gasteiger charge is -2.07. The number of H-pyrrole nitrogens is 2. The van der Waals surface area contributed by atoms with Crippen molar-refractivity contribution in [1.82, 2.24) is 15.4 Å². The van der Waals surface area contributed by atoms with Gasteiger partial charge in [0.05, 0.1) is 6.21 Å². The van der Waals surface area contributed by atoms with E-state index < -0.39 is 11.2 Å². The molecular weight excluding hydrogens is 420 g/mol. The minimum Gasteiger partial charge on any atom is -0.489 e. The van der Waals surface area contributed by atoms with Gasteiger partial charge in [0, 0.05) is 22.7 Å². The number of amides is 1. The quantitative estimate of drug-likeness (QED) is 0.369. The van der Waals surface area contributed by atoms with E-state index in [9.17, 15) is 14.4 Å². The number of rotatable bonds is 8. The molecule has 0 atom stereocenters. The van der Waals surface area contributed by atoms with E-state index in [1.165, 1.54) is 6.21 Å². The fraction of sp³-hybridized carbons (Fsp3) is 0.182. The first-order valence-electron chi connectivity index (χ1n) is 9.52. The van der Waals surface area contributed by atoms with Crippen LogP contribution in [0.5, 0.6) is 5.75 Å².